The van der Waals surface area contributed by atoms with Gasteiger partial charge in [-0.1, -0.05) is 0 Å². The molecule has 19 heavy (non-hydrogen) atoms. The van der Waals surface area contributed by atoms with Crippen molar-refractivity contribution in [3.8, 4) is 0 Å². The molecule has 2 saturated heterocycles. The molecule has 2 nitrogen and oxygen atoms in total. The van der Waals surface area contributed by atoms with Gasteiger partial charge in [-0.15, -0.1) is 0 Å². The minimum atomic E-state index is 0.359. The van der Waals surface area contributed by atoms with E-state index in [1.165, 1.54) is 45.4 Å². The zero-order valence-corrected chi connectivity index (χ0v) is 14.0. The smallest absolute Gasteiger partial charge is 0.0125 e. The van der Waals surface area contributed by atoms with Crippen molar-refractivity contribution in [1.29, 1.82) is 0 Å². The second-order valence-corrected chi connectivity index (χ2v) is 8.66. The molecule has 2 aliphatic rings. The van der Waals surface area contributed by atoms with Crippen molar-refractivity contribution in [3.63, 3.8) is 0 Å². The molecule has 2 heterocycles. The van der Waals surface area contributed by atoms with Crippen LogP contribution < -0.4 is 0 Å². The Labute approximate surface area is 120 Å². The van der Waals surface area contributed by atoms with E-state index in [0.717, 1.165) is 11.8 Å². The summed E-state index contributed by atoms with van der Waals surface area (Å²) in [6.45, 7) is 19.4. The molecule has 0 aromatic heterocycles. The van der Waals surface area contributed by atoms with Gasteiger partial charge in [0.2, 0.25) is 0 Å². The predicted molar refractivity (Wildman–Crippen MR) is 83.5 cm³/mol. The Hall–Kier alpha value is -0.0800. The van der Waals surface area contributed by atoms with Gasteiger partial charge in [-0.05, 0) is 92.3 Å². The van der Waals surface area contributed by atoms with Gasteiger partial charge in [0, 0.05) is 17.6 Å². The van der Waals surface area contributed by atoms with Crippen LogP contribution in [0.1, 0.15) is 60.8 Å². The number of piperidine rings is 1. The van der Waals surface area contributed by atoms with Crippen LogP contribution in [0.2, 0.25) is 0 Å². The van der Waals surface area contributed by atoms with Crippen LogP contribution in [0.5, 0.6) is 0 Å². The average Bonchev–Trinajstić information content (AvgIpc) is 2.77. The molecule has 1 atom stereocenters. The molecule has 0 amide bonds. The SMILES string of the molecule is CC(C)(C)N1CCC([C@H]2CCN(C(C)(C)C)C2)CC1. The lowest BCUT2D eigenvalue weighted by Crippen LogP contribution is -2.47. The molecule has 0 aliphatic carbocycles. The van der Waals surface area contributed by atoms with Crippen LogP contribution in [-0.4, -0.2) is 47.1 Å². The molecule has 0 saturated carbocycles. The van der Waals surface area contributed by atoms with Gasteiger partial charge in [0.1, 0.15) is 0 Å². The molecule has 0 spiro atoms. The Balaban J connectivity index is 1.83. The second kappa shape index (κ2) is 5.37. The Morgan fingerprint density at radius 2 is 1.05 bits per heavy atom. The summed E-state index contributed by atoms with van der Waals surface area (Å²) in [5.74, 6) is 1.94. The van der Waals surface area contributed by atoms with E-state index in [2.05, 4.69) is 51.3 Å². The van der Waals surface area contributed by atoms with E-state index in [-0.39, 0.29) is 0 Å². The molecule has 0 bridgehead atoms. The lowest BCUT2D eigenvalue weighted by molar-refractivity contribution is 0.0683. The van der Waals surface area contributed by atoms with Crippen molar-refractivity contribution >= 4 is 0 Å². The van der Waals surface area contributed by atoms with Crippen LogP contribution in [0.4, 0.5) is 0 Å². The van der Waals surface area contributed by atoms with Crippen molar-refractivity contribution in [3.05, 3.63) is 0 Å². The van der Waals surface area contributed by atoms with E-state index in [1.54, 1.807) is 0 Å². The second-order valence-electron chi connectivity index (χ2n) is 8.66. The quantitative estimate of drug-likeness (QED) is 0.715. The Kier molecular flexibility index (Phi) is 4.32. The molecule has 2 heteroatoms. The molecule has 2 aliphatic heterocycles. The van der Waals surface area contributed by atoms with Gasteiger partial charge in [-0.2, -0.15) is 0 Å². The summed E-state index contributed by atoms with van der Waals surface area (Å²) in [6, 6.07) is 0. The summed E-state index contributed by atoms with van der Waals surface area (Å²) in [6.07, 6.45) is 4.26. The number of likely N-dealkylation sites (tertiary alicyclic amines) is 2. The maximum atomic E-state index is 2.69. The number of hydrogen-bond donors (Lipinski definition) is 0. The highest BCUT2D eigenvalue weighted by atomic mass is 15.2. The highest BCUT2D eigenvalue weighted by molar-refractivity contribution is 4.90. The highest BCUT2D eigenvalue weighted by Crippen LogP contribution is 2.35. The summed E-state index contributed by atoms with van der Waals surface area (Å²) >= 11 is 0. The normalized spacial score (nSPS) is 29.1. The minimum absolute atomic E-state index is 0.359. The average molecular weight is 266 g/mol. The maximum Gasteiger partial charge on any atom is 0.0125 e. The van der Waals surface area contributed by atoms with Crippen LogP contribution >= 0.6 is 0 Å². The van der Waals surface area contributed by atoms with Crippen LogP contribution in [-0.2, 0) is 0 Å². The Bertz CT molecular complexity index is 289. The fraction of sp³-hybridized carbons (Fsp3) is 1.00. The van der Waals surface area contributed by atoms with Gasteiger partial charge >= 0.3 is 0 Å². The molecular formula is C17H34N2. The van der Waals surface area contributed by atoms with Gasteiger partial charge in [-0.25, -0.2) is 0 Å². The lowest BCUT2D eigenvalue weighted by Gasteiger charge is -2.42. The van der Waals surface area contributed by atoms with Gasteiger partial charge in [0.05, 0.1) is 0 Å². The molecule has 0 aromatic rings. The first kappa shape index (κ1) is 15.3. The standard InChI is InChI=1S/C17H34N2/c1-16(2,3)18-10-7-14(8-11-18)15-9-12-19(13-15)17(4,5)6/h14-15H,7-13H2,1-6H3/t15-/m0/s1. The summed E-state index contributed by atoms with van der Waals surface area (Å²) < 4.78 is 0. The van der Waals surface area contributed by atoms with Crippen molar-refractivity contribution < 1.29 is 0 Å². The molecule has 112 valence electrons. The summed E-state index contributed by atoms with van der Waals surface area (Å²) in [5, 5.41) is 0. The van der Waals surface area contributed by atoms with Gasteiger partial charge in [0.15, 0.2) is 0 Å². The van der Waals surface area contributed by atoms with Gasteiger partial charge in [-0.3, -0.25) is 9.80 Å². The van der Waals surface area contributed by atoms with Crippen LogP contribution in [0.15, 0.2) is 0 Å². The number of nitrogens with zero attached hydrogens (tertiary/aromatic N) is 2. The number of hydrogen-bond acceptors (Lipinski definition) is 2. The third-order valence-electron chi connectivity index (χ3n) is 5.33. The molecule has 0 aromatic carbocycles. The molecular weight excluding hydrogens is 232 g/mol. The van der Waals surface area contributed by atoms with E-state index in [4.69, 9.17) is 0 Å². The van der Waals surface area contributed by atoms with Crippen LogP contribution in [0, 0.1) is 11.8 Å². The highest BCUT2D eigenvalue weighted by Gasteiger charge is 2.36. The summed E-state index contributed by atoms with van der Waals surface area (Å²) in [5.41, 5.74) is 0.721. The fourth-order valence-corrected chi connectivity index (χ4v) is 3.82. The first-order valence-electron chi connectivity index (χ1n) is 8.18. The largest absolute Gasteiger partial charge is 0.298 e. The summed E-state index contributed by atoms with van der Waals surface area (Å²) in [7, 11) is 0. The third-order valence-corrected chi connectivity index (χ3v) is 5.33. The van der Waals surface area contributed by atoms with Crippen LogP contribution in [0.3, 0.4) is 0 Å². The van der Waals surface area contributed by atoms with Crippen molar-refractivity contribution in [2.45, 2.75) is 71.9 Å². The molecule has 2 rings (SSSR count). The third kappa shape index (κ3) is 3.72. The zero-order valence-electron chi connectivity index (χ0n) is 14.0. The maximum absolute atomic E-state index is 2.69. The molecule has 0 unspecified atom stereocenters. The van der Waals surface area contributed by atoms with Crippen molar-refractivity contribution in [2.75, 3.05) is 26.2 Å². The van der Waals surface area contributed by atoms with E-state index in [1.807, 2.05) is 0 Å². The molecule has 0 N–H and O–H groups in total. The van der Waals surface area contributed by atoms with Crippen molar-refractivity contribution in [1.82, 2.24) is 9.80 Å². The summed E-state index contributed by atoms with van der Waals surface area (Å²) in [4.78, 5) is 5.35. The minimum Gasteiger partial charge on any atom is -0.298 e. The lowest BCUT2D eigenvalue weighted by atomic mass is 9.82. The fourth-order valence-electron chi connectivity index (χ4n) is 3.82. The molecule has 2 fully saturated rings. The Morgan fingerprint density at radius 1 is 0.632 bits per heavy atom. The van der Waals surface area contributed by atoms with E-state index in [9.17, 15) is 0 Å². The predicted octanol–water partition coefficient (Wildman–Crippen LogP) is 3.62. The van der Waals surface area contributed by atoms with E-state index >= 15 is 0 Å². The zero-order chi connectivity index (χ0) is 14.3. The first-order chi connectivity index (χ1) is 8.68. The van der Waals surface area contributed by atoms with E-state index in [0.29, 0.717) is 11.1 Å². The number of rotatable bonds is 1. The van der Waals surface area contributed by atoms with Gasteiger partial charge < -0.3 is 0 Å². The molecule has 0 radical (unpaired) electrons. The van der Waals surface area contributed by atoms with Crippen LogP contribution in [0.25, 0.3) is 0 Å². The van der Waals surface area contributed by atoms with Gasteiger partial charge in [0.25, 0.3) is 0 Å². The first-order valence-corrected chi connectivity index (χ1v) is 8.18. The van der Waals surface area contributed by atoms with E-state index < -0.39 is 0 Å². The Morgan fingerprint density at radius 3 is 1.47 bits per heavy atom. The monoisotopic (exact) mass is 266 g/mol. The topological polar surface area (TPSA) is 6.48 Å². The van der Waals surface area contributed by atoms with Crippen molar-refractivity contribution in [2.24, 2.45) is 11.8 Å².